The lowest BCUT2D eigenvalue weighted by Crippen LogP contribution is -2.47. The first kappa shape index (κ1) is 20.1. The first-order valence-electron chi connectivity index (χ1n) is 9.32. The van der Waals surface area contributed by atoms with Crippen molar-refractivity contribution >= 4 is 21.4 Å². The van der Waals surface area contributed by atoms with Gasteiger partial charge in [0.2, 0.25) is 0 Å². The van der Waals surface area contributed by atoms with E-state index in [1.165, 1.54) is 10.3 Å². The molecule has 0 radical (unpaired) electrons. The third-order valence-corrected chi connectivity index (χ3v) is 6.10. The fraction of sp³-hybridized carbons (Fsp3) is 0.318. The van der Waals surface area contributed by atoms with Crippen LogP contribution in [0, 0.1) is 0 Å². The minimum Gasteiger partial charge on any atom is -0.481 e. The van der Waals surface area contributed by atoms with Crippen LogP contribution in [-0.2, 0) is 14.6 Å². The Morgan fingerprint density at radius 1 is 1.04 bits per heavy atom. The summed E-state index contributed by atoms with van der Waals surface area (Å²) in [5.74, 6) is 0.550. The van der Waals surface area contributed by atoms with Gasteiger partial charge in [-0.25, -0.2) is 8.42 Å². The van der Waals surface area contributed by atoms with Crippen molar-refractivity contribution in [2.45, 2.75) is 38.8 Å². The summed E-state index contributed by atoms with van der Waals surface area (Å²) in [4.78, 5) is 14.8. The molecular formula is C22H25NO4S. The van der Waals surface area contributed by atoms with Gasteiger partial charge in [-0.2, -0.15) is 0 Å². The smallest absolute Gasteiger partial charge is 0.268 e. The van der Waals surface area contributed by atoms with Crippen LogP contribution in [-0.4, -0.2) is 32.2 Å². The van der Waals surface area contributed by atoms with E-state index in [4.69, 9.17) is 4.74 Å². The number of hydrogen-bond acceptors (Lipinski definition) is 4. The van der Waals surface area contributed by atoms with Crippen LogP contribution >= 0.6 is 0 Å². The predicted octanol–water partition coefficient (Wildman–Crippen LogP) is 3.92. The zero-order chi connectivity index (χ0) is 20.3. The van der Waals surface area contributed by atoms with Crippen LogP contribution in [0.3, 0.4) is 0 Å². The number of ether oxygens (including phenoxy) is 1. The fourth-order valence-corrected chi connectivity index (χ4v) is 4.44. The standard InChI is InChI=1S/C22H25NO4S/c1-16(2)18-9-11-19(12-10-18)23(20-13-14-28(25,26)15-20)22(24)17(3)27-21-7-5-4-6-8-21/h4-14,16-17,20H,15H2,1-3H3/t17-,20+/m0/s1. The molecule has 0 fully saturated rings. The summed E-state index contributed by atoms with van der Waals surface area (Å²) in [6.07, 6.45) is 0.808. The number of rotatable bonds is 6. The first-order chi connectivity index (χ1) is 13.3. The molecule has 3 rings (SSSR count). The zero-order valence-corrected chi connectivity index (χ0v) is 17.1. The van der Waals surface area contributed by atoms with E-state index in [0.717, 1.165) is 5.56 Å². The first-order valence-corrected chi connectivity index (χ1v) is 11.0. The molecule has 5 nitrogen and oxygen atoms in total. The van der Waals surface area contributed by atoms with Crippen molar-refractivity contribution < 1.29 is 17.9 Å². The highest BCUT2D eigenvalue weighted by atomic mass is 32.2. The second-order valence-corrected chi connectivity index (χ2v) is 9.18. The Labute approximate surface area is 166 Å². The molecule has 0 saturated carbocycles. The summed E-state index contributed by atoms with van der Waals surface area (Å²) in [6.45, 7) is 5.87. The van der Waals surface area contributed by atoms with Crippen molar-refractivity contribution in [2.75, 3.05) is 10.7 Å². The number of carbonyl (C=O) groups excluding carboxylic acids is 1. The lowest BCUT2D eigenvalue weighted by Gasteiger charge is -2.30. The Bertz CT molecular complexity index is 950. The van der Waals surface area contributed by atoms with Gasteiger partial charge in [-0.15, -0.1) is 0 Å². The van der Waals surface area contributed by atoms with Crippen LogP contribution in [0.1, 0.15) is 32.3 Å². The third-order valence-electron chi connectivity index (χ3n) is 4.72. The summed E-state index contributed by atoms with van der Waals surface area (Å²) in [5.41, 5.74) is 1.81. The largest absolute Gasteiger partial charge is 0.481 e. The quantitative estimate of drug-likeness (QED) is 0.739. The van der Waals surface area contributed by atoms with Crippen molar-refractivity contribution in [3.05, 3.63) is 71.6 Å². The molecule has 6 heteroatoms. The van der Waals surface area contributed by atoms with Gasteiger partial charge in [0.05, 0.1) is 11.8 Å². The number of amides is 1. The van der Waals surface area contributed by atoms with E-state index in [1.54, 1.807) is 25.1 Å². The number of anilines is 1. The second kappa shape index (κ2) is 8.19. The van der Waals surface area contributed by atoms with Crippen molar-refractivity contribution in [1.29, 1.82) is 0 Å². The van der Waals surface area contributed by atoms with Crippen LogP contribution < -0.4 is 9.64 Å². The molecule has 0 bridgehead atoms. The summed E-state index contributed by atoms with van der Waals surface area (Å²) in [5, 5.41) is 1.18. The summed E-state index contributed by atoms with van der Waals surface area (Å²) in [6, 6.07) is 16.2. The van der Waals surface area contributed by atoms with Gasteiger partial charge in [-0.05, 0) is 48.7 Å². The highest BCUT2D eigenvalue weighted by Gasteiger charge is 2.34. The Balaban J connectivity index is 1.89. The van der Waals surface area contributed by atoms with Crippen molar-refractivity contribution in [2.24, 2.45) is 0 Å². The highest BCUT2D eigenvalue weighted by molar-refractivity contribution is 7.94. The summed E-state index contributed by atoms with van der Waals surface area (Å²) < 4.78 is 29.7. The lowest BCUT2D eigenvalue weighted by atomic mass is 10.0. The van der Waals surface area contributed by atoms with Crippen LogP contribution in [0.15, 0.2) is 66.1 Å². The molecule has 0 spiro atoms. The molecule has 0 N–H and O–H groups in total. The molecule has 1 heterocycles. The molecule has 2 atom stereocenters. The highest BCUT2D eigenvalue weighted by Crippen LogP contribution is 2.26. The Morgan fingerprint density at radius 2 is 1.68 bits per heavy atom. The molecule has 148 valence electrons. The van der Waals surface area contributed by atoms with Gasteiger partial charge in [-0.1, -0.05) is 44.2 Å². The van der Waals surface area contributed by atoms with Gasteiger partial charge < -0.3 is 9.64 Å². The Kier molecular flexibility index (Phi) is 5.89. The van der Waals surface area contributed by atoms with Gasteiger partial charge in [0.15, 0.2) is 15.9 Å². The minimum atomic E-state index is -3.30. The van der Waals surface area contributed by atoms with E-state index >= 15 is 0 Å². The van der Waals surface area contributed by atoms with E-state index < -0.39 is 22.0 Å². The number of para-hydroxylation sites is 1. The normalized spacial score (nSPS) is 18.8. The maximum atomic E-state index is 13.2. The lowest BCUT2D eigenvalue weighted by molar-refractivity contribution is -0.124. The van der Waals surface area contributed by atoms with Gasteiger partial charge in [0.1, 0.15) is 5.75 Å². The van der Waals surface area contributed by atoms with E-state index in [0.29, 0.717) is 17.4 Å². The molecule has 0 saturated heterocycles. The molecule has 0 unspecified atom stereocenters. The Morgan fingerprint density at radius 3 is 2.21 bits per heavy atom. The van der Waals surface area contributed by atoms with Crippen molar-refractivity contribution in [3.63, 3.8) is 0 Å². The monoisotopic (exact) mass is 399 g/mol. The molecular weight excluding hydrogens is 374 g/mol. The molecule has 2 aromatic carbocycles. The summed E-state index contributed by atoms with van der Waals surface area (Å²) in [7, 11) is -3.30. The number of hydrogen-bond donors (Lipinski definition) is 0. The van der Waals surface area contributed by atoms with E-state index in [-0.39, 0.29) is 11.7 Å². The number of benzene rings is 2. The van der Waals surface area contributed by atoms with Crippen LogP contribution in [0.2, 0.25) is 0 Å². The topological polar surface area (TPSA) is 63.7 Å². The van der Waals surface area contributed by atoms with Gasteiger partial charge >= 0.3 is 0 Å². The predicted molar refractivity (Wildman–Crippen MR) is 111 cm³/mol. The average molecular weight is 400 g/mol. The van der Waals surface area contributed by atoms with Crippen LogP contribution in [0.4, 0.5) is 5.69 Å². The van der Waals surface area contributed by atoms with Crippen LogP contribution in [0.25, 0.3) is 0 Å². The fourth-order valence-electron chi connectivity index (χ4n) is 3.17. The molecule has 28 heavy (non-hydrogen) atoms. The van der Waals surface area contributed by atoms with Crippen molar-refractivity contribution in [3.8, 4) is 5.75 Å². The van der Waals surface area contributed by atoms with Crippen molar-refractivity contribution in [1.82, 2.24) is 0 Å². The molecule has 1 amide bonds. The van der Waals surface area contributed by atoms with E-state index in [9.17, 15) is 13.2 Å². The SMILES string of the molecule is CC(C)c1ccc(N(C(=O)[C@H](C)Oc2ccccc2)[C@@H]2C=CS(=O)(=O)C2)cc1. The Hall–Kier alpha value is -2.60. The van der Waals surface area contributed by atoms with E-state index in [1.807, 2.05) is 42.5 Å². The zero-order valence-electron chi connectivity index (χ0n) is 16.3. The van der Waals surface area contributed by atoms with E-state index in [2.05, 4.69) is 13.8 Å². The van der Waals surface area contributed by atoms with Gasteiger partial charge in [0, 0.05) is 11.1 Å². The average Bonchev–Trinajstić information content (AvgIpc) is 3.02. The van der Waals surface area contributed by atoms with Crippen LogP contribution in [0.5, 0.6) is 5.75 Å². The van der Waals surface area contributed by atoms with Gasteiger partial charge in [-0.3, -0.25) is 4.79 Å². The minimum absolute atomic E-state index is 0.122. The van der Waals surface area contributed by atoms with Gasteiger partial charge in [0.25, 0.3) is 5.91 Å². The molecule has 2 aromatic rings. The summed E-state index contributed by atoms with van der Waals surface area (Å²) >= 11 is 0. The number of sulfone groups is 1. The molecule has 0 aromatic heterocycles. The third kappa shape index (κ3) is 4.62. The molecule has 0 aliphatic carbocycles. The molecule has 1 aliphatic heterocycles. The number of carbonyl (C=O) groups is 1. The number of nitrogens with zero attached hydrogens (tertiary/aromatic N) is 1. The molecule has 1 aliphatic rings. The second-order valence-electron chi connectivity index (χ2n) is 7.25. The maximum Gasteiger partial charge on any atom is 0.268 e. The maximum absolute atomic E-state index is 13.2.